The lowest BCUT2D eigenvalue weighted by Crippen LogP contribution is -2.25. The third-order valence-corrected chi connectivity index (χ3v) is 4.96. The molecule has 0 fully saturated rings. The van der Waals surface area contributed by atoms with E-state index in [1.54, 1.807) is 17.1 Å². The zero-order valence-corrected chi connectivity index (χ0v) is 16.8. The van der Waals surface area contributed by atoms with Crippen molar-refractivity contribution < 1.29 is 4.79 Å². The number of para-hydroxylation sites is 1. The molecule has 0 aliphatic rings. The van der Waals surface area contributed by atoms with E-state index in [2.05, 4.69) is 34.5 Å². The monoisotopic (exact) mass is 396 g/mol. The highest BCUT2D eigenvalue weighted by molar-refractivity contribution is 6.31. The van der Waals surface area contributed by atoms with Gasteiger partial charge in [0.15, 0.2) is 0 Å². The average Bonchev–Trinajstić information content (AvgIpc) is 3.18. The normalized spacial score (nSPS) is 10.6. The number of nitrogens with zero attached hydrogens (tertiary/aromatic N) is 3. The molecule has 28 heavy (non-hydrogen) atoms. The van der Waals surface area contributed by atoms with Gasteiger partial charge in [-0.15, -0.1) is 0 Å². The molecule has 0 saturated carbocycles. The Kier molecular flexibility index (Phi) is 7.09. The van der Waals surface area contributed by atoms with Crippen LogP contribution in [0.25, 0.3) is 0 Å². The summed E-state index contributed by atoms with van der Waals surface area (Å²) >= 11 is 6.18. The number of nitrogens with one attached hydrogen (secondary N) is 1. The number of halogens is 1. The number of benzene rings is 2. The summed E-state index contributed by atoms with van der Waals surface area (Å²) < 4.78 is 1.73. The average molecular weight is 397 g/mol. The van der Waals surface area contributed by atoms with Gasteiger partial charge >= 0.3 is 0 Å². The molecule has 3 rings (SSSR count). The summed E-state index contributed by atoms with van der Waals surface area (Å²) in [7, 11) is 2.08. The number of anilines is 1. The predicted molar refractivity (Wildman–Crippen MR) is 114 cm³/mol. The predicted octanol–water partition coefficient (Wildman–Crippen LogP) is 4.23. The zero-order chi connectivity index (χ0) is 19.8. The van der Waals surface area contributed by atoms with Gasteiger partial charge in [0.2, 0.25) is 0 Å². The van der Waals surface area contributed by atoms with Crippen LogP contribution in [0.1, 0.15) is 28.8 Å². The van der Waals surface area contributed by atoms with Gasteiger partial charge in [0.05, 0.1) is 18.3 Å². The maximum Gasteiger partial charge on any atom is 0.254 e. The molecule has 0 atom stereocenters. The van der Waals surface area contributed by atoms with Crippen molar-refractivity contribution in [2.45, 2.75) is 19.4 Å². The summed E-state index contributed by atoms with van der Waals surface area (Å²) in [5.74, 6) is -0.0955. The molecule has 1 N–H and O–H groups in total. The fraction of sp³-hybridized carbons (Fsp3) is 0.273. The first-order valence-electron chi connectivity index (χ1n) is 9.44. The van der Waals surface area contributed by atoms with Gasteiger partial charge in [0.25, 0.3) is 5.91 Å². The van der Waals surface area contributed by atoms with Crippen molar-refractivity contribution in [3.05, 3.63) is 83.1 Å². The molecule has 1 heterocycles. The number of carbonyl (C=O) groups excluding carboxylic acids is 1. The molecular formula is C22H25ClN4O. The van der Waals surface area contributed by atoms with Crippen molar-refractivity contribution in [2.24, 2.45) is 0 Å². The topological polar surface area (TPSA) is 50.2 Å². The highest BCUT2D eigenvalue weighted by Gasteiger charge is 2.09. The molecule has 3 aromatic rings. The van der Waals surface area contributed by atoms with Crippen molar-refractivity contribution in [2.75, 3.05) is 25.0 Å². The molecule has 6 heteroatoms. The van der Waals surface area contributed by atoms with E-state index in [0.717, 1.165) is 24.9 Å². The minimum atomic E-state index is -0.0955. The van der Waals surface area contributed by atoms with Crippen molar-refractivity contribution in [3.63, 3.8) is 0 Å². The molecule has 0 radical (unpaired) electrons. The molecule has 0 unspecified atom stereocenters. The first kappa shape index (κ1) is 20.0. The maximum atomic E-state index is 12.3. The fourth-order valence-corrected chi connectivity index (χ4v) is 3.15. The van der Waals surface area contributed by atoms with Crippen LogP contribution in [-0.2, 0) is 6.54 Å². The van der Waals surface area contributed by atoms with Crippen LogP contribution >= 0.6 is 11.6 Å². The van der Waals surface area contributed by atoms with Gasteiger partial charge in [0.1, 0.15) is 0 Å². The van der Waals surface area contributed by atoms with Crippen molar-refractivity contribution in [1.29, 1.82) is 0 Å². The molecule has 1 amide bonds. The molecule has 0 aliphatic carbocycles. The zero-order valence-electron chi connectivity index (χ0n) is 16.0. The van der Waals surface area contributed by atoms with Crippen LogP contribution in [-0.4, -0.2) is 35.8 Å². The molecule has 0 saturated heterocycles. The minimum Gasteiger partial charge on any atom is -0.375 e. The van der Waals surface area contributed by atoms with E-state index >= 15 is 0 Å². The Bertz CT molecular complexity index is 894. The number of carbonyl (C=O) groups is 1. The molecule has 2 aromatic carbocycles. The summed E-state index contributed by atoms with van der Waals surface area (Å²) in [5, 5.41) is 7.93. The highest BCUT2D eigenvalue weighted by atomic mass is 35.5. The van der Waals surface area contributed by atoms with Gasteiger partial charge in [-0.2, -0.15) is 5.10 Å². The van der Waals surface area contributed by atoms with Gasteiger partial charge in [0, 0.05) is 37.0 Å². The third-order valence-electron chi connectivity index (χ3n) is 4.59. The standard InChI is InChI=1S/C22H25ClN4O/c1-26(20-10-3-2-4-11-20)14-8-7-13-24-22(28)19-15-25-27(17-19)16-18-9-5-6-12-21(18)23/h2-6,9-12,15,17H,7-8,13-14,16H2,1H3,(H,24,28). The molecule has 0 bridgehead atoms. The van der Waals surface area contributed by atoms with E-state index in [4.69, 9.17) is 11.6 Å². The van der Waals surface area contributed by atoms with Crippen LogP contribution in [0, 0.1) is 0 Å². The fourth-order valence-electron chi connectivity index (χ4n) is 2.96. The number of hydrogen-bond acceptors (Lipinski definition) is 3. The lowest BCUT2D eigenvalue weighted by Gasteiger charge is -2.19. The van der Waals surface area contributed by atoms with Crippen LogP contribution in [0.2, 0.25) is 5.02 Å². The van der Waals surface area contributed by atoms with Crippen LogP contribution in [0.5, 0.6) is 0 Å². The quantitative estimate of drug-likeness (QED) is 0.550. The van der Waals surface area contributed by atoms with Crippen molar-refractivity contribution in [1.82, 2.24) is 15.1 Å². The van der Waals surface area contributed by atoms with Crippen LogP contribution in [0.15, 0.2) is 67.0 Å². The molecule has 0 aliphatic heterocycles. The Labute approximate surface area is 170 Å². The molecular weight excluding hydrogens is 372 g/mol. The smallest absolute Gasteiger partial charge is 0.254 e. The van der Waals surface area contributed by atoms with E-state index in [9.17, 15) is 4.79 Å². The lowest BCUT2D eigenvalue weighted by molar-refractivity contribution is 0.0953. The van der Waals surface area contributed by atoms with Gasteiger partial charge < -0.3 is 10.2 Å². The summed E-state index contributed by atoms with van der Waals surface area (Å²) in [6, 6.07) is 17.9. The van der Waals surface area contributed by atoms with E-state index in [-0.39, 0.29) is 5.91 Å². The third kappa shape index (κ3) is 5.60. The first-order valence-corrected chi connectivity index (χ1v) is 9.81. The largest absolute Gasteiger partial charge is 0.375 e. The minimum absolute atomic E-state index is 0.0955. The van der Waals surface area contributed by atoms with Gasteiger partial charge in [-0.25, -0.2) is 0 Å². The highest BCUT2D eigenvalue weighted by Crippen LogP contribution is 2.16. The number of hydrogen-bond donors (Lipinski definition) is 1. The first-order chi connectivity index (χ1) is 13.6. The van der Waals surface area contributed by atoms with Crippen molar-refractivity contribution in [3.8, 4) is 0 Å². The lowest BCUT2D eigenvalue weighted by atomic mass is 10.2. The van der Waals surface area contributed by atoms with Crippen LogP contribution < -0.4 is 10.2 Å². The van der Waals surface area contributed by atoms with Gasteiger partial charge in [-0.05, 0) is 36.6 Å². The van der Waals surface area contributed by atoms with E-state index in [1.807, 2.05) is 42.5 Å². The number of aromatic nitrogens is 2. The van der Waals surface area contributed by atoms with E-state index in [1.165, 1.54) is 5.69 Å². The molecule has 0 spiro atoms. The summed E-state index contributed by atoms with van der Waals surface area (Å²) in [4.78, 5) is 14.5. The maximum absolute atomic E-state index is 12.3. The van der Waals surface area contributed by atoms with Gasteiger partial charge in [-0.3, -0.25) is 9.48 Å². The Balaban J connectivity index is 1.39. The van der Waals surface area contributed by atoms with Crippen molar-refractivity contribution >= 4 is 23.2 Å². The Morgan fingerprint density at radius 3 is 2.64 bits per heavy atom. The Morgan fingerprint density at radius 1 is 1.11 bits per heavy atom. The molecule has 146 valence electrons. The number of rotatable bonds is 9. The second kappa shape index (κ2) is 9.95. The summed E-state index contributed by atoms with van der Waals surface area (Å²) in [6.07, 6.45) is 5.28. The van der Waals surface area contributed by atoms with Gasteiger partial charge in [-0.1, -0.05) is 48.0 Å². The Morgan fingerprint density at radius 2 is 1.86 bits per heavy atom. The van der Waals surface area contributed by atoms with Crippen LogP contribution in [0.4, 0.5) is 5.69 Å². The second-order valence-electron chi connectivity index (χ2n) is 6.74. The summed E-state index contributed by atoms with van der Waals surface area (Å²) in [6.45, 7) is 2.14. The Hall–Kier alpha value is -2.79. The van der Waals surface area contributed by atoms with E-state index in [0.29, 0.717) is 23.7 Å². The molecule has 1 aromatic heterocycles. The SMILES string of the molecule is CN(CCCCNC(=O)c1cnn(Cc2ccccc2Cl)c1)c1ccccc1. The number of unbranched alkanes of at least 4 members (excludes halogenated alkanes) is 1. The summed E-state index contributed by atoms with van der Waals surface area (Å²) in [5.41, 5.74) is 2.74. The molecule has 5 nitrogen and oxygen atoms in total. The van der Waals surface area contributed by atoms with E-state index < -0.39 is 0 Å². The van der Waals surface area contributed by atoms with Crippen LogP contribution in [0.3, 0.4) is 0 Å². The second-order valence-corrected chi connectivity index (χ2v) is 7.15. The number of amides is 1.